The van der Waals surface area contributed by atoms with Crippen molar-refractivity contribution in [3.8, 4) is 0 Å². The summed E-state index contributed by atoms with van der Waals surface area (Å²) in [6.07, 6.45) is 7.96. The van der Waals surface area contributed by atoms with E-state index in [-0.39, 0.29) is 0 Å². The molecule has 0 bridgehead atoms. The molecule has 2 fully saturated rings. The summed E-state index contributed by atoms with van der Waals surface area (Å²) in [7, 11) is 0. The maximum absolute atomic E-state index is 6.14. The molecule has 3 nitrogen and oxygen atoms in total. The van der Waals surface area contributed by atoms with Crippen molar-refractivity contribution in [3.05, 3.63) is 23.7 Å². The van der Waals surface area contributed by atoms with E-state index in [1.165, 1.54) is 37.9 Å². The van der Waals surface area contributed by atoms with Gasteiger partial charge in [0.15, 0.2) is 0 Å². The van der Waals surface area contributed by atoms with E-state index in [4.69, 9.17) is 4.42 Å². The van der Waals surface area contributed by atoms with E-state index in [1.807, 2.05) is 0 Å². The van der Waals surface area contributed by atoms with Crippen LogP contribution in [-0.2, 0) is 6.42 Å². The Hall–Kier alpha value is -0.800. The molecule has 0 spiro atoms. The molecule has 1 aliphatic heterocycles. The average Bonchev–Trinajstić information content (AvgIpc) is 2.98. The van der Waals surface area contributed by atoms with Crippen molar-refractivity contribution in [2.75, 3.05) is 26.2 Å². The number of aryl methyl sites for hydroxylation is 1. The SMILES string of the molecule is CCc1ccc([C@@H](C2CCCCC2)N2CCNCC2)o1. The first-order chi connectivity index (χ1) is 9.88. The molecule has 1 aromatic rings. The third-order valence-electron chi connectivity index (χ3n) is 4.96. The minimum atomic E-state index is 0.512. The van der Waals surface area contributed by atoms with Crippen molar-refractivity contribution in [1.82, 2.24) is 10.2 Å². The van der Waals surface area contributed by atoms with Crippen molar-refractivity contribution in [1.29, 1.82) is 0 Å². The molecule has 3 heteroatoms. The second-order valence-corrected chi connectivity index (χ2v) is 6.29. The Morgan fingerprint density at radius 3 is 2.60 bits per heavy atom. The van der Waals surface area contributed by atoms with Gasteiger partial charge >= 0.3 is 0 Å². The van der Waals surface area contributed by atoms with E-state index in [0.29, 0.717) is 6.04 Å². The largest absolute Gasteiger partial charge is 0.464 e. The highest BCUT2D eigenvalue weighted by Gasteiger charge is 2.32. The van der Waals surface area contributed by atoms with Gasteiger partial charge in [0.1, 0.15) is 11.5 Å². The number of nitrogens with one attached hydrogen (secondary N) is 1. The molecule has 1 atom stereocenters. The van der Waals surface area contributed by atoms with Crippen molar-refractivity contribution in [2.45, 2.75) is 51.5 Å². The molecule has 2 heterocycles. The van der Waals surface area contributed by atoms with E-state index in [9.17, 15) is 0 Å². The summed E-state index contributed by atoms with van der Waals surface area (Å²) in [4.78, 5) is 2.66. The van der Waals surface area contributed by atoms with Crippen LogP contribution >= 0.6 is 0 Å². The quantitative estimate of drug-likeness (QED) is 0.914. The highest BCUT2D eigenvalue weighted by atomic mass is 16.3. The van der Waals surface area contributed by atoms with E-state index in [1.54, 1.807) is 0 Å². The molecule has 1 saturated carbocycles. The number of hydrogen-bond acceptors (Lipinski definition) is 3. The first kappa shape index (κ1) is 14.2. The van der Waals surface area contributed by atoms with Crippen LogP contribution in [0.4, 0.5) is 0 Å². The lowest BCUT2D eigenvalue weighted by atomic mass is 9.82. The van der Waals surface area contributed by atoms with Gasteiger partial charge in [-0.15, -0.1) is 0 Å². The lowest BCUT2D eigenvalue weighted by Crippen LogP contribution is -2.47. The highest BCUT2D eigenvalue weighted by molar-refractivity contribution is 5.13. The zero-order valence-electron chi connectivity index (χ0n) is 12.7. The van der Waals surface area contributed by atoms with Crippen molar-refractivity contribution in [2.24, 2.45) is 5.92 Å². The van der Waals surface area contributed by atoms with Gasteiger partial charge in [0.2, 0.25) is 0 Å². The smallest absolute Gasteiger partial charge is 0.121 e. The van der Waals surface area contributed by atoms with Gasteiger partial charge < -0.3 is 9.73 Å². The monoisotopic (exact) mass is 276 g/mol. The van der Waals surface area contributed by atoms with Crippen LogP contribution in [0.2, 0.25) is 0 Å². The summed E-state index contributed by atoms with van der Waals surface area (Å²) < 4.78 is 6.14. The number of hydrogen-bond donors (Lipinski definition) is 1. The van der Waals surface area contributed by atoms with E-state index >= 15 is 0 Å². The first-order valence-electron chi connectivity index (χ1n) is 8.42. The van der Waals surface area contributed by atoms with E-state index < -0.39 is 0 Å². The molecule has 1 saturated heterocycles. The second kappa shape index (κ2) is 6.77. The minimum Gasteiger partial charge on any atom is -0.464 e. The van der Waals surface area contributed by atoms with Gasteiger partial charge in [0.25, 0.3) is 0 Å². The fourth-order valence-electron chi connectivity index (χ4n) is 3.86. The molecular formula is C17H28N2O. The lowest BCUT2D eigenvalue weighted by Gasteiger charge is -2.39. The summed E-state index contributed by atoms with van der Waals surface area (Å²) in [5, 5.41) is 3.47. The number of rotatable bonds is 4. The summed E-state index contributed by atoms with van der Waals surface area (Å²) in [6, 6.07) is 4.92. The van der Waals surface area contributed by atoms with Crippen LogP contribution in [0.3, 0.4) is 0 Å². The summed E-state index contributed by atoms with van der Waals surface area (Å²) in [6.45, 7) is 6.71. The molecule has 2 aliphatic rings. The molecule has 3 rings (SSSR count). The maximum Gasteiger partial charge on any atom is 0.121 e. The predicted molar refractivity (Wildman–Crippen MR) is 81.8 cm³/mol. The van der Waals surface area contributed by atoms with Gasteiger partial charge in [-0.2, -0.15) is 0 Å². The van der Waals surface area contributed by atoms with Crippen LogP contribution in [-0.4, -0.2) is 31.1 Å². The third kappa shape index (κ3) is 3.09. The fourth-order valence-corrected chi connectivity index (χ4v) is 3.86. The highest BCUT2D eigenvalue weighted by Crippen LogP contribution is 2.39. The van der Waals surface area contributed by atoms with Crippen LogP contribution in [0.1, 0.15) is 56.6 Å². The molecule has 1 N–H and O–H groups in total. The number of nitrogens with zero attached hydrogens (tertiary/aromatic N) is 1. The molecular weight excluding hydrogens is 248 g/mol. The van der Waals surface area contributed by atoms with Gasteiger partial charge in [0.05, 0.1) is 6.04 Å². The Morgan fingerprint density at radius 1 is 1.20 bits per heavy atom. The van der Waals surface area contributed by atoms with Gasteiger partial charge in [-0.1, -0.05) is 26.2 Å². The van der Waals surface area contributed by atoms with E-state index in [0.717, 1.165) is 44.3 Å². The molecule has 0 aromatic carbocycles. The zero-order chi connectivity index (χ0) is 13.8. The lowest BCUT2D eigenvalue weighted by molar-refractivity contribution is 0.0861. The van der Waals surface area contributed by atoms with Gasteiger partial charge in [-0.25, -0.2) is 0 Å². The van der Waals surface area contributed by atoms with Crippen LogP contribution in [0, 0.1) is 5.92 Å². The van der Waals surface area contributed by atoms with Crippen LogP contribution < -0.4 is 5.32 Å². The average molecular weight is 276 g/mol. The molecule has 1 aliphatic carbocycles. The summed E-state index contributed by atoms with van der Waals surface area (Å²) >= 11 is 0. The number of furan rings is 1. The maximum atomic E-state index is 6.14. The summed E-state index contributed by atoms with van der Waals surface area (Å²) in [5.41, 5.74) is 0. The number of piperazine rings is 1. The van der Waals surface area contributed by atoms with Gasteiger partial charge in [-0.05, 0) is 30.9 Å². The Kier molecular flexibility index (Phi) is 4.79. The molecule has 0 amide bonds. The van der Waals surface area contributed by atoms with E-state index in [2.05, 4.69) is 29.3 Å². The summed E-state index contributed by atoms with van der Waals surface area (Å²) in [5.74, 6) is 3.14. The van der Waals surface area contributed by atoms with Crippen LogP contribution in [0.15, 0.2) is 16.5 Å². The Bertz CT molecular complexity index is 385. The Labute approximate surface area is 122 Å². The Morgan fingerprint density at radius 2 is 1.95 bits per heavy atom. The Balaban J connectivity index is 1.81. The molecule has 0 unspecified atom stereocenters. The van der Waals surface area contributed by atoms with Crippen molar-refractivity contribution >= 4 is 0 Å². The molecule has 112 valence electrons. The minimum absolute atomic E-state index is 0.512. The fraction of sp³-hybridized carbons (Fsp3) is 0.765. The molecule has 0 radical (unpaired) electrons. The first-order valence-corrected chi connectivity index (χ1v) is 8.42. The van der Waals surface area contributed by atoms with Gasteiger partial charge in [-0.3, -0.25) is 4.90 Å². The van der Waals surface area contributed by atoms with Gasteiger partial charge in [0, 0.05) is 32.6 Å². The van der Waals surface area contributed by atoms with Crippen molar-refractivity contribution in [3.63, 3.8) is 0 Å². The normalized spacial score (nSPS) is 23.9. The molecule has 1 aromatic heterocycles. The van der Waals surface area contributed by atoms with Crippen LogP contribution in [0.5, 0.6) is 0 Å². The topological polar surface area (TPSA) is 28.4 Å². The zero-order valence-corrected chi connectivity index (χ0v) is 12.7. The second-order valence-electron chi connectivity index (χ2n) is 6.29. The standard InChI is InChI=1S/C17H28N2O/c1-2-15-8-9-16(20-15)17(14-6-4-3-5-7-14)19-12-10-18-11-13-19/h8-9,14,17-18H,2-7,10-13H2,1H3/t17-/m1/s1. The molecule has 20 heavy (non-hydrogen) atoms. The van der Waals surface area contributed by atoms with Crippen LogP contribution in [0.25, 0.3) is 0 Å². The third-order valence-corrected chi connectivity index (χ3v) is 4.96. The predicted octanol–water partition coefficient (Wildman–Crippen LogP) is 3.37. The van der Waals surface area contributed by atoms with Crippen molar-refractivity contribution < 1.29 is 4.42 Å².